The topological polar surface area (TPSA) is 56.8 Å². The van der Waals surface area contributed by atoms with Crippen LogP contribution in [-0.2, 0) is 24.5 Å². The molecule has 1 amide bonds. The molecule has 0 unspecified atom stereocenters. The van der Waals surface area contributed by atoms with E-state index in [1.165, 1.54) is 0 Å². The molecule has 3 aromatic rings. The van der Waals surface area contributed by atoms with E-state index in [4.69, 9.17) is 14.2 Å². The van der Waals surface area contributed by atoms with Crippen molar-refractivity contribution in [3.63, 3.8) is 0 Å². The number of amides is 1. The highest BCUT2D eigenvalue weighted by molar-refractivity contribution is 5.97. The maximum absolute atomic E-state index is 12.6. The minimum absolute atomic E-state index is 0.182. The van der Waals surface area contributed by atoms with Crippen molar-refractivity contribution in [2.75, 3.05) is 13.2 Å². The molecule has 0 spiro atoms. The molecule has 4 rings (SSSR count). The van der Waals surface area contributed by atoms with Crippen molar-refractivity contribution in [1.29, 1.82) is 0 Å². The summed E-state index contributed by atoms with van der Waals surface area (Å²) in [6, 6.07) is 23.5. The fourth-order valence-electron chi connectivity index (χ4n) is 3.22. The van der Waals surface area contributed by atoms with Crippen LogP contribution in [0.1, 0.15) is 27.0 Å². The van der Waals surface area contributed by atoms with Gasteiger partial charge in [-0.2, -0.15) is 0 Å². The summed E-state index contributed by atoms with van der Waals surface area (Å²) in [6.07, 6.45) is 0. The number of benzene rings is 3. The molecule has 1 aliphatic rings. The highest BCUT2D eigenvalue weighted by Gasteiger charge is 2.20. The van der Waals surface area contributed by atoms with Crippen LogP contribution in [0, 0.1) is 0 Å². The van der Waals surface area contributed by atoms with Crippen LogP contribution < -0.4 is 14.8 Å². The molecule has 148 valence electrons. The SMILES string of the molecule is O=C(NCc1cccc(COCc2ccccc2)c1)c1cccc2c1OCCO2. The number of ether oxygens (including phenoxy) is 3. The Morgan fingerprint density at radius 1 is 0.828 bits per heavy atom. The number of para-hydroxylation sites is 1. The lowest BCUT2D eigenvalue weighted by Gasteiger charge is -2.20. The summed E-state index contributed by atoms with van der Waals surface area (Å²) in [5, 5.41) is 2.96. The molecule has 5 nitrogen and oxygen atoms in total. The monoisotopic (exact) mass is 389 g/mol. The van der Waals surface area contributed by atoms with Crippen LogP contribution in [0.4, 0.5) is 0 Å². The van der Waals surface area contributed by atoms with Gasteiger partial charge in [0.25, 0.3) is 5.91 Å². The first kappa shape index (κ1) is 19.0. The van der Waals surface area contributed by atoms with Crippen molar-refractivity contribution in [2.24, 2.45) is 0 Å². The minimum atomic E-state index is -0.182. The Kier molecular flexibility index (Phi) is 6.07. The summed E-state index contributed by atoms with van der Waals surface area (Å²) >= 11 is 0. The Hall–Kier alpha value is -3.31. The van der Waals surface area contributed by atoms with Crippen molar-refractivity contribution in [1.82, 2.24) is 5.32 Å². The van der Waals surface area contributed by atoms with Crippen LogP contribution in [0.3, 0.4) is 0 Å². The molecule has 0 saturated carbocycles. The average molecular weight is 389 g/mol. The minimum Gasteiger partial charge on any atom is -0.486 e. The van der Waals surface area contributed by atoms with Crippen LogP contribution >= 0.6 is 0 Å². The normalized spacial score (nSPS) is 12.4. The first-order valence-electron chi connectivity index (χ1n) is 9.66. The zero-order valence-corrected chi connectivity index (χ0v) is 16.1. The van der Waals surface area contributed by atoms with Gasteiger partial charge in [-0.15, -0.1) is 0 Å². The second-order valence-electron chi connectivity index (χ2n) is 6.81. The van der Waals surface area contributed by atoms with Crippen molar-refractivity contribution >= 4 is 5.91 Å². The molecule has 1 heterocycles. The Morgan fingerprint density at radius 2 is 1.55 bits per heavy atom. The van der Waals surface area contributed by atoms with Crippen LogP contribution in [0.15, 0.2) is 72.8 Å². The summed E-state index contributed by atoms with van der Waals surface area (Å²) in [5.41, 5.74) is 3.72. The van der Waals surface area contributed by atoms with Gasteiger partial charge < -0.3 is 19.5 Å². The summed E-state index contributed by atoms with van der Waals surface area (Å²) in [6.45, 7) is 2.46. The van der Waals surface area contributed by atoms with Gasteiger partial charge in [0, 0.05) is 6.54 Å². The molecule has 5 heteroatoms. The van der Waals surface area contributed by atoms with Gasteiger partial charge in [0.15, 0.2) is 11.5 Å². The first-order chi connectivity index (χ1) is 14.3. The van der Waals surface area contributed by atoms with E-state index in [9.17, 15) is 4.79 Å². The predicted octanol–water partition coefficient (Wildman–Crippen LogP) is 4.10. The van der Waals surface area contributed by atoms with Crippen molar-refractivity contribution < 1.29 is 19.0 Å². The van der Waals surface area contributed by atoms with Gasteiger partial charge in [-0.1, -0.05) is 60.7 Å². The van der Waals surface area contributed by atoms with E-state index in [0.717, 1.165) is 16.7 Å². The van der Waals surface area contributed by atoms with E-state index in [1.807, 2.05) is 60.7 Å². The van der Waals surface area contributed by atoms with Crippen LogP contribution in [0.25, 0.3) is 0 Å². The van der Waals surface area contributed by atoms with Gasteiger partial charge >= 0.3 is 0 Å². The number of rotatable bonds is 7. The first-order valence-corrected chi connectivity index (χ1v) is 9.66. The second kappa shape index (κ2) is 9.26. The third-order valence-corrected chi connectivity index (χ3v) is 4.64. The number of hydrogen-bond donors (Lipinski definition) is 1. The summed E-state index contributed by atoms with van der Waals surface area (Å²) in [4.78, 5) is 12.6. The molecular weight excluding hydrogens is 366 g/mol. The van der Waals surface area contributed by atoms with Crippen molar-refractivity contribution in [2.45, 2.75) is 19.8 Å². The molecule has 1 N–H and O–H groups in total. The van der Waals surface area contributed by atoms with Gasteiger partial charge in [-0.3, -0.25) is 4.79 Å². The van der Waals surface area contributed by atoms with E-state index in [0.29, 0.717) is 50.0 Å². The molecule has 0 bridgehead atoms. The summed E-state index contributed by atoms with van der Waals surface area (Å²) < 4.78 is 17.0. The predicted molar refractivity (Wildman–Crippen MR) is 110 cm³/mol. The van der Waals surface area contributed by atoms with E-state index in [1.54, 1.807) is 12.1 Å². The number of nitrogens with one attached hydrogen (secondary N) is 1. The zero-order valence-electron chi connectivity index (χ0n) is 16.1. The number of carbonyl (C=O) groups is 1. The molecule has 0 aliphatic carbocycles. The third kappa shape index (κ3) is 4.95. The Balaban J connectivity index is 1.33. The molecular formula is C24H23NO4. The number of carbonyl (C=O) groups excluding carboxylic acids is 1. The molecule has 29 heavy (non-hydrogen) atoms. The molecule has 0 atom stereocenters. The van der Waals surface area contributed by atoms with Gasteiger partial charge in [-0.25, -0.2) is 0 Å². The maximum atomic E-state index is 12.6. The van der Waals surface area contributed by atoms with Crippen molar-refractivity contribution in [3.05, 3.63) is 95.1 Å². The fraction of sp³-hybridized carbons (Fsp3) is 0.208. The molecule has 0 saturated heterocycles. The Bertz CT molecular complexity index is 972. The number of fused-ring (bicyclic) bond motifs is 1. The third-order valence-electron chi connectivity index (χ3n) is 4.64. The lowest BCUT2D eigenvalue weighted by molar-refractivity contribution is 0.0939. The number of hydrogen-bond acceptors (Lipinski definition) is 4. The molecule has 3 aromatic carbocycles. The molecule has 0 radical (unpaired) electrons. The van der Waals surface area contributed by atoms with Crippen LogP contribution in [0.5, 0.6) is 11.5 Å². The van der Waals surface area contributed by atoms with Gasteiger partial charge in [-0.05, 0) is 28.8 Å². The lowest BCUT2D eigenvalue weighted by atomic mass is 10.1. The van der Waals surface area contributed by atoms with Gasteiger partial charge in [0.2, 0.25) is 0 Å². The highest BCUT2D eigenvalue weighted by atomic mass is 16.6. The summed E-state index contributed by atoms with van der Waals surface area (Å²) in [7, 11) is 0. The van der Waals surface area contributed by atoms with E-state index in [2.05, 4.69) is 5.32 Å². The second-order valence-corrected chi connectivity index (χ2v) is 6.81. The quantitative estimate of drug-likeness (QED) is 0.661. The highest BCUT2D eigenvalue weighted by Crippen LogP contribution is 2.33. The standard InChI is InChI=1S/C24H23NO4/c26-24(21-10-5-11-22-23(21)29-13-12-28-22)25-15-19-8-4-9-20(14-19)17-27-16-18-6-2-1-3-7-18/h1-11,14H,12-13,15-17H2,(H,25,26). The lowest BCUT2D eigenvalue weighted by Crippen LogP contribution is -2.25. The van der Waals surface area contributed by atoms with Gasteiger partial charge in [0.05, 0.1) is 18.8 Å². The van der Waals surface area contributed by atoms with Gasteiger partial charge in [0.1, 0.15) is 13.2 Å². The molecule has 1 aliphatic heterocycles. The zero-order chi connectivity index (χ0) is 19.9. The molecule has 0 fully saturated rings. The van der Waals surface area contributed by atoms with E-state index >= 15 is 0 Å². The average Bonchev–Trinajstić information content (AvgIpc) is 2.78. The fourth-order valence-corrected chi connectivity index (χ4v) is 3.22. The Labute approximate surface area is 170 Å². The Morgan fingerprint density at radius 3 is 2.45 bits per heavy atom. The van der Waals surface area contributed by atoms with E-state index < -0.39 is 0 Å². The van der Waals surface area contributed by atoms with E-state index in [-0.39, 0.29) is 5.91 Å². The van der Waals surface area contributed by atoms with Crippen molar-refractivity contribution in [3.8, 4) is 11.5 Å². The van der Waals surface area contributed by atoms with Crippen LogP contribution in [0.2, 0.25) is 0 Å². The summed E-state index contributed by atoms with van der Waals surface area (Å²) in [5.74, 6) is 0.943. The van der Waals surface area contributed by atoms with Crippen LogP contribution in [-0.4, -0.2) is 19.1 Å². The smallest absolute Gasteiger partial charge is 0.255 e. The largest absolute Gasteiger partial charge is 0.486 e. The maximum Gasteiger partial charge on any atom is 0.255 e. The molecule has 0 aromatic heterocycles.